The van der Waals surface area contributed by atoms with Crippen LogP contribution in [0.5, 0.6) is 0 Å². The van der Waals surface area contributed by atoms with Gasteiger partial charge in [0.2, 0.25) is 0 Å². The quantitative estimate of drug-likeness (QED) is 0.886. The van der Waals surface area contributed by atoms with Crippen LogP contribution < -0.4 is 0 Å². The number of hydrogen-bond acceptors (Lipinski definition) is 2. The first kappa shape index (κ1) is 11.2. The third kappa shape index (κ3) is 2.43. The molecule has 0 spiro atoms. The summed E-state index contributed by atoms with van der Waals surface area (Å²) in [5.41, 5.74) is 2.06. The van der Waals surface area contributed by atoms with Crippen LogP contribution in [0, 0.1) is 0 Å². The van der Waals surface area contributed by atoms with Crippen LogP contribution in [0.3, 0.4) is 0 Å². The summed E-state index contributed by atoms with van der Waals surface area (Å²) >= 11 is 6.19. The molecule has 16 heavy (non-hydrogen) atoms. The Morgan fingerprint density at radius 1 is 1.38 bits per heavy atom. The zero-order chi connectivity index (χ0) is 11.4. The van der Waals surface area contributed by atoms with Crippen LogP contribution in [-0.4, -0.2) is 21.3 Å². The second-order valence-electron chi connectivity index (χ2n) is 3.58. The van der Waals surface area contributed by atoms with E-state index in [1.165, 1.54) is 0 Å². The zero-order valence-electron chi connectivity index (χ0n) is 8.81. The van der Waals surface area contributed by atoms with Crippen LogP contribution in [0.1, 0.15) is 12.0 Å². The van der Waals surface area contributed by atoms with Gasteiger partial charge in [-0.2, -0.15) is 0 Å². The minimum atomic E-state index is 0.209. The number of hydrogen-bond donors (Lipinski definition) is 1. The molecule has 0 saturated heterocycles. The maximum absolute atomic E-state index is 8.76. The number of imidazole rings is 1. The molecule has 3 nitrogen and oxygen atoms in total. The molecular formula is C12H13ClN2O. The standard InChI is InChI=1S/C12H13ClN2O/c13-11-8-10(2-1-7-16)3-4-12(11)15-6-5-14-9-15/h3-6,8-9,16H,1-2,7H2. The second kappa shape index (κ2) is 5.14. The molecule has 2 aromatic rings. The monoisotopic (exact) mass is 236 g/mol. The fraction of sp³-hybridized carbons (Fsp3) is 0.250. The van der Waals surface area contributed by atoms with Crippen molar-refractivity contribution in [1.82, 2.24) is 9.55 Å². The second-order valence-corrected chi connectivity index (χ2v) is 3.99. The van der Waals surface area contributed by atoms with Crippen molar-refractivity contribution in [1.29, 1.82) is 0 Å². The molecule has 0 atom stereocenters. The Hall–Kier alpha value is -1.32. The van der Waals surface area contributed by atoms with Crippen molar-refractivity contribution in [2.24, 2.45) is 0 Å². The molecule has 1 heterocycles. The summed E-state index contributed by atoms with van der Waals surface area (Å²) in [7, 11) is 0. The highest BCUT2D eigenvalue weighted by molar-refractivity contribution is 6.32. The summed E-state index contributed by atoms with van der Waals surface area (Å²) in [5, 5.41) is 9.46. The van der Waals surface area contributed by atoms with Gasteiger partial charge in [0.25, 0.3) is 0 Å². The lowest BCUT2D eigenvalue weighted by Gasteiger charge is -2.07. The van der Waals surface area contributed by atoms with E-state index in [0.29, 0.717) is 5.02 Å². The van der Waals surface area contributed by atoms with E-state index >= 15 is 0 Å². The van der Waals surface area contributed by atoms with Crippen molar-refractivity contribution < 1.29 is 5.11 Å². The predicted octanol–water partition coefficient (Wildman–Crippen LogP) is 2.45. The molecule has 0 aliphatic carbocycles. The topological polar surface area (TPSA) is 38.0 Å². The van der Waals surface area contributed by atoms with Gasteiger partial charge in [0.15, 0.2) is 0 Å². The summed E-state index contributed by atoms with van der Waals surface area (Å²) < 4.78 is 1.87. The number of rotatable bonds is 4. The Morgan fingerprint density at radius 2 is 2.25 bits per heavy atom. The zero-order valence-corrected chi connectivity index (χ0v) is 9.56. The molecule has 0 fully saturated rings. The number of benzene rings is 1. The molecule has 0 aliphatic heterocycles. The first-order chi connectivity index (χ1) is 7.81. The molecule has 1 aromatic carbocycles. The van der Waals surface area contributed by atoms with E-state index in [0.717, 1.165) is 24.1 Å². The van der Waals surface area contributed by atoms with E-state index in [1.54, 1.807) is 12.5 Å². The first-order valence-corrected chi connectivity index (χ1v) is 5.56. The molecule has 4 heteroatoms. The molecular weight excluding hydrogens is 224 g/mol. The first-order valence-electron chi connectivity index (χ1n) is 5.19. The van der Waals surface area contributed by atoms with Gasteiger partial charge in [-0.25, -0.2) is 4.98 Å². The molecule has 1 aromatic heterocycles. The van der Waals surface area contributed by atoms with E-state index in [-0.39, 0.29) is 6.61 Å². The fourth-order valence-corrected chi connectivity index (χ4v) is 1.90. The molecule has 0 saturated carbocycles. The minimum Gasteiger partial charge on any atom is -0.396 e. The molecule has 2 rings (SSSR count). The molecule has 0 radical (unpaired) electrons. The van der Waals surface area contributed by atoms with Crippen molar-refractivity contribution in [3.8, 4) is 5.69 Å². The molecule has 0 unspecified atom stereocenters. The molecule has 84 valence electrons. The van der Waals surface area contributed by atoms with Gasteiger partial charge >= 0.3 is 0 Å². The van der Waals surface area contributed by atoms with Gasteiger partial charge in [-0.1, -0.05) is 17.7 Å². The van der Waals surface area contributed by atoms with Gasteiger partial charge in [-0.05, 0) is 30.5 Å². The molecule has 0 bridgehead atoms. The Morgan fingerprint density at radius 3 is 2.88 bits per heavy atom. The van der Waals surface area contributed by atoms with Crippen LogP contribution in [0.25, 0.3) is 5.69 Å². The molecule has 0 aliphatic rings. The molecule has 1 N–H and O–H groups in total. The Balaban J connectivity index is 2.23. The summed E-state index contributed by atoms with van der Waals surface area (Å²) in [6, 6.07) is 5.93. The summed E-state index contributed by atoms with van der Waals surface area (Å²) in [6.45, 7) is 0.209. The van der Waals surface area contributed by atoms with Crippen LogP contribution >= 0.6 is 11.6 Å². The van der Waals surface area contributed by atoms with Crippen LogP contribution in [-0.2, 0) is 6.42 Å². The average Bonchev–Trinajstić information content (AvgIpc) is 2.80. The SMILES string of the molecule is OCCCc1ccc(-n2ccnc2)c(Cl)c1. The van der Waals surface area contributed by atoms with Crippen molar-refractivity contribution in [3.05, 3.63) is 47.5 Å². The summed E-state index contributed by atoms with van der Waals surface area (Å²) in [5.74, 6) is 0. The fourth-order valence-electron chi connectivity index (χ4n) is 1.60. The highest BCUT2D eigenvalue weighted by Gasteiger charge is 2.03. The van der Waals surface area contributed by atoms with E-state index in [2.05, 4.69) is 4.98 Å². The average molecular weight is 237 g/mol. The van der Waals surface area contributed by atoms with Crippen LogP contribution in [0.2, 0.25) is 5.02 Å². The number of aryl methyl sites for hydroxylation is 1. The third-order valence-electron chi connectivity index (χ3n) is 2.42. The van der Waals surface area contributed by atoms with Crippen LogP contribution in [0.4, 0.5) is 0 Å². The summed E-state index contributed by atoms with van der Waals surface area (Å²) in [4.78, 5) is 3.98. The van der Waals surface area contributed by atoms with E-state index in [4.69, 9.17) is 16.7 Å². The van der Waals surface area contributed by atoms with Gasteiger partial charge in [0, 0.05) is 19.0 Å². The lowest BCUT2D eigenvalue weighted by atomic mass is 10.1. The van der Waals surface area contributed by atoms with E-state index < -0.39 is 0 Å². The number of aromatic nitrogens is 2. The summed E-state index contributed by atoms with van der Waals surface area (Å²) in [6.07, 6.45) is 6.90. The van der Waals surface area contributed by atoms with Crippen LogP contribution in [0.15, 0.2) is 36.9 Å². The highest BCUT2D eigenvalue weighted by Crippen LogP contribution is 2.22. The van der Waals surface area contributed by atoms with Gasteiger partial charge in [0.1, 0.15) is 0 Å². The third-order valence-corrected chi connectivity index (χ3v) is 2.72. The highest BCUT2D eigenvalue weighted by atomic mass is 35.5. The van der Waals surface area contributed by atoms with Gasteiger partial charge in [0.05, 0.1) is 17.0 Å². The van der Waals surface area contributed by atoms with Gasteiger partial charge in [-0.3, -0.25) is 0 Å². The lowest BCUT2D eigenvalue weighted by Crippen LogP contribution is -1.94. The van der Waals surface area contributed by atoms with Crippen molar-refractivity contribution >= 4 is 11.6 Å². The van der Waals surface area contributed by atoms with Crippen molar-refractivity contribution in [2.75, 3.05) is 6.61 Å². The van der Waals surface area contributed by atoms with E-state index in [9.17, 15) is 0 Å². The Kier molecular flexibility index (Phi) is 3.59. The predicted molar refractivity (Wildman–Crippen MR) is 64.0 cm³/mol. The Labute approximate surface area is 99.3 Å². The number of aliphatic hydroxyl groups excluding tert-OH is 1. The normalized spacial score (nSPS) is 10.6. The number of aliphatic hydroxyl groups is 1. The van der Waals surface area contributed by atoms with Crippen molar-refractivity contribution in [3.63, 3.8) is 0 Å². The van der Waals surface area contributed by atoms with E-state index in [1.807, 2.05) is 29.0 Å². The van der Waals surface area contributed by atoms with Gasteiger partial charge < -0.3 is 9.67 Å². The van der Waals surface area contributed by atoms with Gasteiger partial charge in [-0.15, -0.1) is 0 Å². The molecule has 0 amide bonds. The maximum atomic E-state index is 8.76. The Bertz CT molecular complexity index is 454. The smallest absolute Gasteiger partial charge is 0.0992 e. The maximum Gasteiger partial charge on any atom is 0.0992 e. The number of halogens is 1. The number of nitrogens with zero attached hydrogens (tertiary/aromatic N) is 2. The minimum absolute atomic E-state index is 0.209. The largest absolute Gasteiger partial charge is 0.396 e. The lowest BCUT2D eigenvalue weighted by molar-refractivity contribution is 0.288. The van der Waals surface area contributed by atoms with Crippen molar-refractivity contribution in [2.45, 2.75) is 12.8 Å².